The number of halogens is 1. The molecule has 0 unspecified atom stereocenters. The van der Waals surface area contributed by atoms with E-state index in [0.29, 0.717) is 12.0 Å². The minimum Gasteiger partial charge on any atom is -0.480 e. The standard InChI is InChI=1S/C26H27FN6O3S/c1-15-14-37-23(30-15)20-10-18(27)13-33(20)24(34)17-9-19(21(35-3)29-12-17)22-31-32-25(36-22)26(2,28)11-16-7-5-4-6-8-16/h4-9,12,14,18,20H,10-11,13,28H2,1-3H3/t18-,20+,26+/m0/s1. The molecule has 3 atom stereocenters. The fraction of sp³-hybridized carbons (Fsp3) is 0.346. The molecular formula is C26H27FN6O3S. The first-order chi connectivity index (χ1) is 17.7. The normalized spacial score (nSPS) is 19.1. The summed E-state index contributed by atoms with van der Waals surface area (Å²) in [5.74, 6) is 0.215. The Morgan fingerprint density at radius 3 is 2.81 bits per heavy atom. The third kappa shape index (κ3) is 5.09. The van der Waals surface area contributed by atoms with Crippen molar-refractivity contribution in [2.24, 2.45) is 5.73 Å². The number of carbonyl (C=O) groups is 1. The number of alkyl halides is 1. The first kappa shape index (κ1) is 25.0. The monoisotopic (exact) mass is 522 g/mol. The number of carbonyl (C=O) groups excluding carboxylic acids is 1. The van der Waals surface area contributed by atoms with E-state index in [1.54, 1.807) is 6.07 Å². The Morgan fingerprint density at radius 1 is 1.32 bits per heavy atom. The zero-order valence-electron chi connectivity index (χ0n) is 20.7. The Hall–Kier alpha value is -3.70. The summed E-state index contributed by atoms with van der Waals surface area (Å²) < 4.78 is 25.8. The van der Waals surface area contributed by atoms with Crippen LogP contribution in [0.5, 0.6) is 5.88 Å². The molecule has 0 spiro atoms. The van der Waals surface area contributed by atoms with Crippen molar-refractivity contribution < 1.29 is 18.3 Å². The zero-order valence-corrected chi connectivity index (χ0v) is 21.5. The second-order valence-corrected chi connectivity index (χ2v) is 10.3. The third-order valence-electron chi connectivity index (χ3n) is 6.28. The number of amides is 1. The summed E-state index contributed by atoms with van der Waals surface area (Å²) in [6.07, 6.45) is 0.966. The molecule has 4 aromatic rings. The van der Waals surface area contributed by atoms with E-state index < -0.39 is 17.8 Å². The van der Waals surface area contributed by atoms with Crippen molar-refractivity contribution in [1.29, 1.82) is 0 Å². The molecule has 9 nitrogen and oxygen atoms in total. The van der Waals surface area contributed by atoms with E-state index in [1.165, 1.54) is 29.5 Å². The topological polar surface area (TPSA) is 120 Å². The molecule has 1 fully saturated rings. The van der Waals surface area contributed by atoms with Crippen molar-refractivity contribution in [1.82, 2.24) is 25.1 Å². The number of thiazole rings is 1. The summed E-state index contributed by atoms with van der Waals surface area (Å²) in [5.41, 5.74) is 8.08. The molecule has 3 aromatic heterocycles. The van der Waals surface area contributed by atoms with Gasteiger partial charge in [0.05, 0.1) is 30.8 Å². The van der Waals surface area contributed by atoms with Gasteiger partial charge in [-0.15, -0.1) is 21.5 Å². The van der Waals surface area contributed by atoms with E-state index in [9.17, 15) is 9.18 Å². The van der Waals surface area contributed by atoms with Gasteiger partial charge in [-0.05, 0) is 31.9 Å². The molecule has 1 amide bonds. The highest BCUT2D eigenvalue weighted by atomic mass is 32.1. The van der Waals surface area contributed by atoms with E-state index in [-0.39, 0.29) is 42.1 Å². The average molecular weight is 523 g/mol. The molecule has 0 saturated carbocycles. The summed E-state index contributed by atoms with van der Waals surface area (Å²) in [6.45, 7) is 3.67. The van der Waals surface area contributed by atoms with Crippen LogP contribution in [0.3, 0.4) is 0 Å². The van der Waals surface area contributed by atoms with Crippen LogP contribution < -0.4 is 10.5 Å². The van der Waals surface area contributed by atoms with Gasteiger partial charge in [0.25, 0.3) is 11.8 Å². The van der Waals surface area contributed by atoms with Crippen LogP contribution in [-0.2, 0) is 12.0 Å². The number of hydrogen-bond donors (Lipinski definition) is 1. The summed E-state index contributed by atoms with van der Waals surface area (Å²) in [6, 6.07) is 10.9. The van der Waals surface area contributed by atoms with Crippen LogP contribution >= 0.6 is 11.3 Å². The Kier molecular flexibility index (Phi) is 6.74. The van der Waals surface area contributed by atoms with E-state index in [4.69, 9.17) is 14.9 Å². The van der Waals surface area contributed by atoms with Crippen molar-refractivity contribution in [3.8, 4) is 17.3 Å². The summed E-state index contributed by atoms with van der Waals surface area (Å²) in [5, 5.41) is 11.0. The van der Waals surface area contributed by atoms with Gasteiger partial charge in [0.1, 0.15) is 16.7 Å². The molecule has 11 heteroatoms. The number of nitrogens with two attached hydrogens (primary N) is 1. The van der Waals surface area contributed by atoms with Crippen LogP contribution in [0.1, 0.15) is 51.9 Å². The molecule has 0 aliphatic carbocycles. The van der Waals surface area contributed by atoms with Crippen molar-refractivity contribution in [2.45, 2.75) is 44.4 Å². The smallest absolute Gasteiger partial charge is 0.256 e. The van der Waals surface area contributed by atoms with Crippen LogP contribution in [0.25, 0.3) is 11.5 Å². The fourth-order valence-electron chi connectivity index (χ4n) is 4.48. The second kappa shape index (κ2) is 9.98. The predicted molar refractivity (Wildman–Crippen MR) is 136 cm³/mol. The summed E-state index contributed by atoms with van der Waals surface area (Å²) in [4.78, 5) is 23.8. The molecule has 0 bridgehead atoms. The van der Waals surface area contributed by atoms with Gasteiger partial charge >= 0.3 is 0 Å². The lowest BCUT2D eigenvalue weighted by Crippen LogP contribution is -2.35. The van der Waals surface area contributed by atoms with Crippen LogP contribution in [0.2, 0.25) is 0 Å². The van der Waals surface area contributed by atoms with Crippen molar-refractivity contribution in [3.63, 3.8) is 0 Å². The molecule has 37 heavy (non-hydrogen) atoms. The van der Waals surface area contributed by atoms with Crippen LogP contribution in [0.4, 0.5) is 4.39 Å². The Bertz CT molecular complexity index is 1410. The maximum atomic E-state index is 14.4. The number of aryl methyl sites for hydroxylation is 1. The highest BCUT2D eigenvalue weighted by Gasteiger charge is 2.39. The van der Waals surface area contributed by atoms with Gasteiger partial charge < -0.3 is 19.8 Å². The molecule has 1 aliphatic heterocycles. The van der Waals surface area contributed by atoms with Gasteiger partial charge in [0, 0.05) is 23.7 Å². The van der Waals surface area contributed by atoms with Crippen molar-refractivity contribution in [3.05, 3.63) is 75.7 Å². The van der Waals surface area contributed by atoms with Crippen LogP contribution in [-0.4, -0.2) is 50.8 Å². The largest absolute Gasteiger partial charge is 0.480 e. The van der Waals surface area contributed by atoms with Crippen molar-refractivity contribution >= 4 is 17.2 Å². The minimum atomic E-state index is -1.13. The number of likely N-dealkylation sites (tertiary alicyclic amines) is 1. The molecule has 1 aliphatic rings. The number of benzene rings is 1. The van der Waals surface area contributed by atoms with E-state index in [2.05, 4.69) is 20.2 Å². The molecule has 192 valence electrons. The summed E-state index contributed by atoms with van der Waals surface area (Å²) >= 11 is 1.42. The average Bonchev–Trinajstić information content (AvgIpc) is 3.63. The number of aromatic nitrogens is 4. The maximum Gasteiger partial charge on any atom is 0.256 e. The van der Waals surface area contributed by atoms with Crippen molar-refractivity contribution in [2.75, 3.05) is 13.7 Å². The first-order valence-corrected chi connectivity index (χ1v) is 12.7. The molecule has 1 aromatic carbocycles. The number of ether oxygens (including phenoxy) is 1. The number of pyridine rings is 1. The lowest BCUT2D eigenvalue weighted by atomic mass is 9.94. The van der Waals surface area contributed by atoms with E-state index in [1.807, 2.05) is 49.6 Å². The highest BCUT2D eigenvalue weighted by molar-refractivity contribution is 7.09. The molecule has 1 saturated heterocycles. The predicted octanol–water partition coefficient (Wildman–Crippen LogP) is 4.25. The van der Waals surface area contributed by atoms with Gasteiger partial charge in [-0.1, -0.05) is 30.3 Å². The first-order valence-electron chi connectivity index (χ1n) is 11.8. The summed E-state index contributed by atoms with van der Waals surface area (Å²) in [7, 11) is 1.46. The van der Waals surface area contributed by atoms with Gasteiger partial charge in [-0.2, -0.15) is 0 Å². The lowest BCUT2D eigenvalue weighted by Gasteiger charge is -2.23. The highest BCUT2D eigenvalue weighted by Crippen LogP contribution is 2.37. The van der Waals surface area contributed by atoms with E-state index >= 15 is 0 Å². The number of hydrogen-bond acceptors (Lipinski definition) is 9. The molecule has 2 N–H and O–H groups in total. The van der Waals surface area contributed by atoms with Gasteiger partial charge in [0.2, 0.25) is 11.8 Å². The molecule has 4 heterocycles. The Morgan fingerprint density at radius 2 is 2.11 bits per heavy atom. The Labute approximate surface area is 217 Å². The zero-order chi connectivity index (χ0) is 26.2. The minimum absolute atomic E-state index is 0.0147. The quantitative estimate of drug-likeness (QED) is 0.383. The lowest BCUT2D eigenvalue weighted by molar-refractivity contribution is 0.0727. The number of nitrogens with zero attached hydrogens (tertiary/aromatic N) is 5. The fourth-order valence-corrected chi connectivity index (χ4v) is 5.40. The van der Waals surface area contributed by atoms with Gasteiger partial charge in [0.15, 0.2) is 0 Å². The second-order valence-electron chi connectivity index (χ2n) is 9.41. The van der Waals surface area contributed by atoms with E-state index in [0.717, 1.165) is 16.3 Å². The van der Waals surface area contributed by atoms with Crippen LogP contribution in [0.15, 0.2) is 52.4 Å². The molecule has 5 rings (SSSR count). The van der Waals surface area contributed by atoms with Crippen LogP contribution in [0, 0.1) is 6.92 Å². The Balaban J connectivity index is 1.44. The molecular weight excluding hydrogens is 495 g/mol. The number of methoxy groups -OCH3 is 1. The van der Waals surface area contributed by atoms with Gasteiger partial charge in [-0.25, -0.2) is 14.4 Å². The number of rotatable bonds is 7. The maximum absolute atomic E-state index is 14.4. The SMILES string of the molecule is COc1ncc(C(=O)N2C[C@@H](F)C[C@@H]2c2nc(C)cs2)cc1-c1nnc([C@](C)(N)Cc2ccccc2)o1. The third-order valence-corrected chi connectivity index (χ3v) is 7.35. The molecule has 0 radical (unpaired) electrons. The van der Waals surface area contributed by atoms with Gasteiger partial charge in [-0.3, -0.25) is 4.79 Å².